The largest absolute Gasteiger partial charge is 0.486 e. The van der Waals surface area contributed by atoms with E-state index >= 15 is 0 Å². The van der Waals surface area contributed by atoms with Gasteiger partial charge in [-0.25, -0.2) is 0 Å². The number of para-hydroxylation sites is 1. The second-order valence-corrected chi connectivity index (χ2v) is 10.4. The molecule has 0 amide bonds. The molecule has 1 aromatic heterocycles. The zero-order valence-corrected chi connectivity index (χ0v) is 23.2. The van der Waals surface area contributed by atoms with Crippen molar-refractivity contribution in [2.45, 2.75) is 58.0 Å². The van der Waals surface area contributed by atoms with E-state index in [9.17, 15) is 9.59 Å². The van der Waals surface area contributed by atoms with Crippen LogP contribution >= 0.6 is 11.6 Å². The molecule has 8 heteroatoms. The number of carbonyl (C=O) groups excluding carboxylic acids is 2. The second kappa shape index (κ2) is 12.6. The molecule has 208 valence electrons. The highest BCUT2D eigenvalue weighted by Gasteiger charge is 2.33. The van der Waals surface area contributed by atoms with Gasteiger partial charge in [0, 0.05) is 37.1 Å². The number of hydrogen-bond donors (Lipinski definition) is 0. The standard InChI is InChI=1S/C32H31ClO7/c1-20(34)36-18-29-16-27(38-21(2)35)17-32(40-29)24-9-12-30(33)25(14-24)13-22-7-10-26(11-8-22)37-19-28-15-23-5-3-4-6-31(23)39-28/h3-12,14-15,27,29,32H,13,16-19H2,1-2H3/t27-,29-,32+/m0/s1. The van der Waals surface area contributed by atoms with Crippen LogP contribution in [0.15, 0.2) is 77.2 Å². The molecule has 5 rings (SSSR count). The third-order valence-electron chi connectivity index (χ3n) is 6.78. The van der Waals surface area contributed by atoms with Crippen molar-refractivity contribution in [1.29, 1.82) is 0 Å². The Morgan fingerprint density at radius 2 is 1.75 bits per heavy atom. The summed E-state index contributed by atoms with van der Waals surface area (Å²) in [7, 11) is 0. The summed E-state index contributed by atoms with van der Waals surface area (Å²) in [5.41, 5.74) is 3.79. The number of halogens is 1. The highest BCUT2D eigenvalue weighted by atomic mass is 35.5. The van der Waals surface area contributed by atoms with Gasteiger partial charge in [0.2, 0.25) is 0 Å². The first kappa shape index (κ1) is 27.7. The van der Waals surface area contributed by atoms with Gasteiger partial charge in [-0.1, -0.05) is 54.1 Å². The van der Waals surface area contributed by atoms with Gasteiger partial charge >= 0.3 is 11.9 Å². The number of fused-ring (bicyclic) bond motifs is 1. The van der Waals surface area contributed by atoms with Crippen molar-refractivity contribution >= 4 is 34.5 Å². The van der Waals surface area contributed by atoms with Crippen LogP contribution in [-0.4, -0.2) is 30.8 Å². The molecular weight excluding hydrogens is 532 g/mol. The van der Waals surface area contributed by atoms with Gasteiger partial charge < -0.3 is 23.4 Å². The molecule has 1 saturated heterocycles. The summed E-state index contributed by atoms with van der Waals surface area (Å²) in [6, 6.07) is 23.6. The van der Waals surface area contributed by atoms with Crippen LogP contribution < -0.4 is 4.74 Å². The molecule has 0 N–H and O–H groups in total. The maximum Gasteiger partial charge on any atom is 0.302 e. The van der Waals surface area contributed by atoms with E-state index in [1.54, 1.807) is 0 Å². The lowest BCUT2D eigenvalue weighted by Crippen LogP contribution is -2.36. The lowest BCUT2D eigenvalue weighted by molar-refractivity contribution is -0.169. The van der Waals surface area contributed by atoms with Crippen molar-refractivity contribution in [1.82, 2.24) is 0 Å². The predicted molar refractivity (Wildman–Crippen MR) is 150 cm³/mol. The Bertz CT molecular complexity index is 1440. The Kier molecular flexibility index (Phi) is 8.72. The number of ether oxygens (including phenoxy) is 4. The van der Waals surface area contributed by atoms with Crippen LogP contribution in [0, 0.1) is 0 Å². The second-order valence-electron chi connectivity index (χ2n) is 9.96. The Hall–Kier alpha value is -3.81. The van der Waals surface area contributed by atoms with Gasteiger partial charge in [0.1, 0.15) is 36.4 Å². The summed E-state index contributed by atoms with van der Waals surface area (Å²) >= 11 is 6.58. The summed E-state index contributed by atoms with van der Waals surface area (Å²) < 4.78 is 28.7. The first-order chi connectivity index (χ1) is 19.3. The molecule has 0 saturated carbocycles. The van der Waals surface area contributed by atoms with E-state index in [2.05, 4.69) is 0 Å². The first-order valence-corrected chi connectivity index (χ1v) is 13.6. The quantitative estimate of drug-likeness (QED) is 0.204. The molecular formula is C32H31ClO7. The van der Waals surface area contributed by atoms with Crippen molar-refractivity contribution in [2.75, 3.05) is 6.61 Å². The minimum atomic E-state index is -0.380. The van der Waals surface area contributed by atoms with Crippen molar-refractivity contribution in [3.05, 3.63) is 100 Å². The van der Waals surface area contributed by atoms with E-state index in [1.165, 1.54) is 13.8 Å². The molecule has 0 aliphatic carbocycles. The van der Waals surface area contributed by atoms with Gasteiger partial charge in [-0.2, -0.15) is 0 Å². The summed E-state index contributed by atoms with van der Waals surface area (Å²) in [6.45, 7) is 3.20. The molecule has 0 bridgehead atoms. The van der Waals surface area contributed by atoms with Gasteiger partial charge in [-0.3, -0.25) is 9.59 Å². The molecule has 7 nitrogen and oxygen atoms in total. The highest BCUT2D eigenvalue weighted by Crippen LogP contribution is 2.35. The van der Waals surface area contributed by atoms with Crippen LogP contribution in [0.5, 0.6) is 5.75 Å². The predicted octanol–water partition coefficient (Wildman–Crippen LogP) is 6.97. The minimum absolute atomic E-state index is 0.106. The third kappa shape index (κ3) is 7.23. The lowest BCUT2D eigenvalue weighted by atomic mass is 9.94. The van der Waals surface area contributed by atoms with E-state index in [0.29, 0.717) is 30.9 Å². The molecule has 2 heterocycles. The van der Waals surface area contributed by atoms with Gasteiger partial charge in [0.15, 0.2) is 0 Å². The van der Waals surface area contributed by atoms with Crippen LogP contribution in [-0.2, 0) is 36.8 Å². The van der Waals surface area contributed by atoms with Crippen molar-refractivity contribution in [3.63, 3.8) is 0 Å². The Labute approximate surface area is 237 Å². The number of rotatable bonds is 9. The summed E-state index contributed by atoms with van der Waals surface area (Å²) in [5.74, 6) is 0.785. The Morgan fingerprint density at radius 3 is 2.50 bits per heavy atom. The van der Waals surface area contributed by atoms with E-state index in [-0.39, 0.29) is 36.9 Å². The van der Waals surface area contributed by atoms with Crippen molar-refractivity contribution < 1.29 is 33.0 Å². The van der Waals surface area contributed by atoms with E-state index in [0.717, 1.165) is 39.2 Å². The SMILES string of the molecule is CC(=O)OC[C@@H]1C[C@H](OC(C)=O)C[C@H](c2ccc(Cl)c(Cc3ccc(OCc4cc5ccccc5o4)cc3)c2)O1. The maximum absolute atomic E-state index is 11.6. The van der Waals surface area contributed by atoms with Gasteiger partial charge in [0.25, 0.3) is 0 Å². The molecule has 1 fully saturated rings. The fourth-order valence-corrected chi connectivity index (χ4v) is 5.14. The highest BCUT2D eigenvalue weighted by molar-refractivity contribution is 6.31. The zero-order valence-electron chi connectivity index (χ0n) is 22.4. The van der Waals surface area contributed by atoms with Crippen molar-refractivity contribution in [3.8, 4) is 5.75 Å². The molecule has 4 aromatic rings. The number of carbonyl (C=O) groups is 2. The number of esters is 2. The van der Waals surface area contributed by atoms with Gasteiger partial charge in [-0.05, 0) is 53.4 Å². The topological polar surface area (TPSA) is 84.2 Å². The fraction of sp³-hybridized carbons (Fsp3) is 0.312. The molecule has 1 aliphatic rings. The van der Waals surface area contributed by atoms with Crippen LogP contribution in [0.2, 0.25) is 5.02 Å². The Balaban J connectivity index is 1.24. The zero-order chi connectivity index (χ0) is 28.1. The average molecular weight is 563 g/mol. The van der Waals surface area contributed by atoms with Crippen LogP contribution in [0.4, 0.5) is 0 Å². The molecule has 1 aliphatic heterocycles. The molecule has 0 radical (unpaired) electrons. The minimum Gasteiger partial charge on any atom is -0.486 e. The van der Waals surface area contributed by atoms with E-state index < -0.39 is 0 Å². The van der Waals surface area contributed by atoms with E-state index in [1.807, 2.05) is 72.8 Å². The summed E-state index contributed by atoms with van der Waals surface area (Å²) in [5, 5.41) is 1.70. The third-order valence-corrected chi connectivity index (χ3v) is 7.15. The number of benzene rings is 3. The van der Waals surface area contributed by atoms with E-state index in [4.69, 9.17) is 35.0 Å². The van der Waals surface area contributed by atoms with Crippen LogP contribution in [0.3, 0.4) is 0 Å². The monoisotopic (exact) mass is 562 g/mol. The summed E-state index contributed by atoms with van der Waals surface area (Å²) in [4.78, 5) is 22.9. The molecule has 0 unspecified atom stereocenters. The molecule has 0 spiro atoms. The van der Waals surface area contributed by atoms with Crippen LogP contribution in [0.25, 0.3) is 11.0 Å². The average Bonchev–Trinajstić information content (AvgIpc) is 3.35. The fourth-order valence-electron chi connectivity index (χ4n) is 4.95. The van der Waals surface area contributed by atoms with Crippen molar-refractivity contribution in [2.24, 2.45) is 0 Å². The van der Waals surface area contributed by atoms with Gasteiger partial charge in [0.05, 0.1) is 12.2 Å². The van der Waals surface area contributed by atoms with Crippen LogP contribution in [0.1, 0.15) is 55.2 Å². The summed E-state index contributed by atoms with van der Waals surface area (Å²) in [6.07, 6.45) is 0.557. The lowest BCUT2D eigenvalue weighted by Gasteiger charge is -2.35. The maximum atomic E-state index is 11.6. The Morgan fingerprint density at radius 1 is 0.950 bits per heavy atom. The number of furan rings is 1. The number of hydrogen-bond acceptors (Lipinski definition) is 7. The molecule has 3 atom stereocenters. The smallest absolute Gasteiger partial charge is 0.302 e. The normalized spacial score (nSPS) is 18.8. The van der Waals surface area contributed by atoms with Gasteiger partial charge in [-0.15, -0.1) is 0 Å². The first-order valence-electron chi connectivity index (χ1n) is 13.3. The molecule has 3 aromatic carbocycles. The molecule has 40 heavy (non-hydrogen) atoms.